The van der Waals surface area contributed by atoms with E-state index in [4.69, 9.17) is 14.2 Å². The van der Waals surface area contributed by atoms with Crippen LogP contribution in [-0.4, -0.2) is 78.1 Å². The number of likely N-dealkylation sites (N-methyl/N-ethyl adjacent to an activating group) is 1. The molecule has 0 atom stereocenters. The van der Waals surface area contributed by atoms with E-state index in [9.17, 15) is 0 Å². The van der Waals surface area contributed by atoms with Gasteiger partial charge in [0, 0.05) is 26.7 Å². The first-order valence-electron chi connectivity index (χ1n) is 8.66. The predicted molar refractivity (Wildman–Crippen MR) is 117 cm³/mol. The van der Waals surface area contributed by atoms with Gasteiger partial charge in [0.2, 0.25) is 0 Å². The lowest BCUT2D eigenvalue weighted by Crippen LogP contribution is -2.40. The number of ether oxygens (including phenoxy) is 3. The minimum atomic E-state index is 0. The molecule has 1 aromatic rings. The van der Waals surface area contributed by atoms with Crippen LogP contribution in [0.5, 0.6) is 11.5 Å². The van der Waals surface area contributed by atoms with Gasteiger partial charge < -0.3 is 29.7 Å². The van der Waals surface area contributed by atoms with E-state index in [0.29, 0.717) is 13.2 Å². The lowest BCUT2D eigenvalue weighted by Gasteiger charge is -2.16. The average molecular weight is 480 g/mol. The molecule has 0 saturated heterocycles. The van der Waals surface area contributed by atoms with E-state index in [1.807, 2.05) is 24.3 Å². The smallest absolute Gasteiger partial charge is 0.191 e. The van der Waals surface area contributed by atoms with Crippen molar-refractivity contribution in [2.24, 2.45) is 4.99 Å². The molecule has 0 aliphatic rings. The molecule has 2 N–H and O–H groups in total. The third kappa shape index (κ3) is 11.4. The summed E-state index contributed by atoms with van der Waals surface area (Å²) in [7, 11) is 5.43. The first kappa shape index (κ1) is 24.7. The van der Waals surface area contributed by atoms with Crippen LogP contribution in [0.15, 0.2) is 29.3 Å². The van der Waals surface area contributed by atoms with E-state index in [2.05, 4.69) is 34.5 Å². The van der Waals surface area contributed by atoms with Gasteiger partial charge in [-0.3, -0.25) is 4.99 Å². The first-order chi connectivity index (χ1) is 12.2. The number of methoxy groups -OCH3 is 2. The van der Waals surface area contributed by atoms with Crippen molar-refractivity contribution in [2.75, 3.05) is 67.2 Å². The van der Waals surface area contributed by atoms with Crippen LogP contribution in [0.3, 0.4) is 0 Å². The molecule has 150 valence electrons. The summed E-state index contributed by atoms with van der Waals surface area (Å²) in [5.41, 5.74) is 0. The van der Waals surface area contributed by atoms with Gasteiger partial charge in [-0.2, -0.15) is 0 Å². The van der Waals surface area contributed by atoms with Gasteiger partial charge in [-0.25, -0.2) is 0 Å². The number of nitrogens with zero attached hydrogens (tertiary/aromatic N) is 2. The van der Waals surface area contributed by atoms with Gasteiger partial charge in [0.1, 0.15) is 18.1 Å². The molecule has 1 aromatic carbocycles. The monoisotopic (exact) mass is 480 g/mol. The number of benzene rings is 1. The van der Waals surface area contributed by atoms with Gasteiger partial charge in [-0.1, -0.05) is 0 Å². The molecule has 7 nitrogen and oxygen atoms in total. The van der Waals surface area contributed by atoms with Gasteiger partial charge in [0.15, 0.2) is 5.96 Å². The Balaban J connectivity index is 0.00000625. The lowest BCUT2D eigenvalue weighted by atomic mass is 10.3. The third-order valence-corrected chi connectivity index (χ3v) is 3.50. The fourth-order valence-electron chi connectivity index (χ4n) is 2.04. The molecule has 0 bridgehead atoms. The van der Waals surface area contributed by atoms with Crippen molar-refractivity contribution in [1.82, 2.24) is 15.5 Å². The Morgan fingerprint density at radius 1 is 1.04 bits per heavy atom. The Kier molecular flexibility index (Phi) is 15.2. The molecular formula is C18H33IN4O3. The van der Waals surface area contributed by atoms with E-state index in [0.717, 1.165) is 50.2 Å². The van der Waals surface area contributed by atoms with Gasteiger partial charge in [0.05, 0.1) is 26.8 Å². The molecule has 1 rings (SSSR count). The number of hydrogen-bond donors (Lipinski definition) is 2. The second-order valence-electron chi connectivity index (χ2n) is 5.51. The lowest BCUT2D eigenvalue weighted by molar-refractivity contribution is 0.163. The standard InChI is InChI=1S/C18H32N4O3.HI/c1-5-19-18(20-10-12-22(2)13-15-23-3)21-11-14-25-17-8-6-16(24-4)7-9-17;/h6-9H,5,10-15H2,1-4H3,(H2,19,20,21);1H. The Labute approximate surface area is 174 Å². The maximum absolute atomic E-state index is 5.70. The minimum Gasteiger partial charge on any atom is -0.497 e. The van der Waals surface area contributed by atoms with Crippen LogP contribution < -0.4 is 20.1 Å². The van der Waals surface area contributed by atoms with Crippen molar-refractivity contribution in [3.8, 4) is 11.5 Å². The highest BCUT2D eigenvalue weighted by Crippen LogP contribution is 2.16. The second kappa shape index (κ2) is 16.0. The zero-order chi connectivity index (χ0) is 18.3. The van der Waals surface area contributed by atoms with Crippen LogP contribution in [-0.2, 0) is 4.74 Å². The number of rotatable bonds is 12. The predicted octanol–water partition coefficient (Wildman–Crippen LogP) is 1.83. The molecule has 0 aliphatic heterocycles. The van der Waals surface area contributed by atoms with Crippen molar-refractivity contribution in [3.05, 3.63) is 24.3 Å². The van der Waals surface area contributed by atoms with Crippen molar-refractivity contribution in [3.63, 3.8) is 0 Å². The van der Waals surface area contributed by atoms with Crippen molar-refractivity contribution >= 4 is 29.9 Å². The Morgan fingerprint density at radius 3 is 2.35 bits per heavy atom. The SMILES string of the molecule is CCNC(=NCCN(C)CCOC)NCCOc1ccc(OC)cc1.I. The summed E-state index contributed by atoms with van der Waals surface area (Å²) in [6.45, 7) is 7.38. The number of halogens is 1. The van der Waals surface area contributed by atoms with E-state index >= 15 is 0 Å². The second-order valence-corrected chi connectivity index (χ2v) is 5.51. The van der Waals surface area contributed by atoms with Crippen LogP contribution in [0.2, 0.25) is 0 Å². The molecule has 0 heterocycles. The fraction of sp³-hybridized carbons (Fsp3) is 0.611. The van der Waals surface area contributed by atoms with Crippen LogP contribution in [0, 0.1) is 0 Å². The Bertz CT molecular complexity index is 486. The first-order valence-corrected chi connectivity index (χ1v) is 8.66. The highest BCUT2D eigenvalue weighted by molar-refractivity contribution is 14.0. The average Bonchev–Trinajstić information content (AvgIpc) is 2.64. The van der Waals surface area contributed by atoms with Crippen LogP contribution in [0.4, 0.5) is 0 Å². The highest BCUT2D eigenvalue weighted by atomic mass is 127. The molecule has 0 saturated carbocycles. The number of aliphatic imine (C=N–C) groups is 1. The Morgan fingerprint density at radius 2 is 1.73 bits per heavy atom. The molecule has 8 heteroatoms. The Hall–Kier alpha value is -1.26. The normalized spacial score (nSPS) is 11.0. The molecule has 0 unspecified atom stereocenters. The largest absolute Gasteiger partial charge is 0.497 e. The summed E-state index contributed by atoms with van der Waals surface area (Å²) in [5, 5.41) is 6.51. The van der Waals surface area contributed by atoms with Gasteiger partial charge in [0.25, 0.3) is 0 Å². The molecule has 0 radical (unpaired) electrons. The molecule has 0 fully saturated rings. The van der Waals surface area contributed by atoms with Crippen molar-refractivity contribution in [2.45, 2.75) is 6.92 Å². The molecule has 26 heavy (non-hydrogen) atoms. The van der Waals surface area contributed by atoms with Gasteiger partial charge >= 0.3 is 0 Å². The van der Waals surface area contributed by atoms with Crippen LogP contribution >= 0.6 is 24.0 Å². The maximum atomic E-state index is 5.70. The maximum Gasteiger partial charge on any atom is 0.191 e. The van der Waals surface area contributed by atoms with Gasteiger partial charge in [-0.05, 0) is 38.2 Å². The quantitative estimate of drug-likeness (QED) is 0.206. The molecule has 0 aliphatic carbocycles. The summed E-state index contributed by atoms with van der Waals surface area (Å²) in [5.74, 6) is 2.45. The molecule has 0 spiro atoms. The number of hydrogen-bond acceptors (Lipinski definition) is 5. The van der Waals surface area contributed by atoms with Crippen LogP contribution in [0.1, 0.15) is 6.92 Å². The van der Waals surface area contributed by atoms with E-state index in [1.165, 1.54) is 0 Å². The van der Waals surface area contributed by atoms with E-state index < -0.39 is 0 Å². The zero-order valence-corrected chi connectivity index (χ0v) is 18.6. The summed E-state index contributed by atoms with van der Waals surface area (Å²) in [6.07, 6.45) is 0. The number of nitrogens with one attached hydrogen (secondary N) is 2. The molecule has 0 aromatic heterocycles. The minimum absolute atomic E-state index is 0. The molecule has 0 amide bonds. The van der Waals surface area contributed by atoms with Crippen molar-refractivity contribution in [1.29, 1.82) is 0 Å². The van der Waals surface area contributed by atoms with Crippen molar-refractivity contribution < 1.29 is 14.2 Å². The zero-order valence-electron chi connectivity index (χ0n) is 16.3. The van der Waals surface area contributed by atoms with Crippen LogP contribution in [0.25, 0.3) is 0 Å². The summed E-state index contributed by atoms with van der Waals surface area (Å²) < 4.78 is 15.9. The molecular weight excluding hydrogens is 447 g/mol. The highest BCUT2D eigenvalue weighted by Gasteiger charge is 2.00. The summed E-state index contributed by atoms with van der Waals surface area (Å²) in [6, 6.07) is 7.56. The summed E-state index contributed by atoms with van der Waals surface area (Å²) >= 11 is 0. The van der Waals surface area contributed by atoms with E-state index in [-0.39, 0.29) is 24.0 Å². The summed E-state index contributed by atoms with van der Waals surface area (Å²) in [4.78, 5) is 6.77. The van der Waals surface area contributed by atoms with E-state index in [1.54, 1.807) is 14.2 Å². The third-order valence-electron chi connectivity index (χ3n) is 3.50. The fourth-order valence-corrected chi connectivity index (χ4v) is 2.04. The number of guanidine groups is 1. The van der Waals surface area contributed by atoms with Gasteiger partial charge in [-0.15, -0.1) is 24.0 Å². The topological polar surface area (TPSA) is 67.4 Å².